The number of nitro benzene ring substituents is 1. The average molecular weight is 313 g/mol. The van der Waals surface area contributed by atoms with Crippen LogP contribution in [0.5, 0.6) is 0 Å². The maximum atomic E-state index is 11.8. The Balaban J connectivity index is 2.31. The smallest absolute Gasteiger partial charge is 0.371 e. The van der Waals surface area contributed by atoms with Crippen LogP contribution in [0, 0.1) is 10.1 Å². The van der Waals surface area contributed by atoms with Gasteiger partial charge in [-0.2, -0.15) is 13.2 Å². The minimum Gasteiger partial charge on any atom is -0.371 e. The van der Waals surface area contributed by atoms with Gasteiger partial charge in [-0.15, -0.1) is 0 Å². The summed E-state index contributed by atoms with van der Waals surface area (Å²) >= 11 is 5.85. The van der Waals surface area contributed by atoms with E-state index in [1.807, 2.05) is 0 Å². The van der Waals surface area contributed by atoms with E-state index in [9.17, 15) is 23.3 Å². The van der Waals surface area contributed by atoms with Gasteiger partial charge in [0, 0.05) is 25.2 Å². The lowest BCUT2D eigenvalue weighted by molar-refractivity contribution is -0.384. The maximum Gasteiger partial charge on any atom is 0.411 e. The second kappa shape index (κ2) is 7.41. The minimum absolute atomic E-state index is 0.0931. The molecule has 0 aliphatic heterocycles. The molecule has 112 valence electrons. The second-order valence-corrected chi connectivity index (χ2v) is 4.28. The van der Waals surface area contributed by atoms with Crippen LogP contribution in [-0.4, -0.2) is 30.9 Å². The van der Waals surface area contributed by atoms with Gasteiger partial charge >= 0.3 is 6.18 Å². The van der Waals surface area contributed by atoms with Gasteiger partial charge in [0.25, 0.3) is 5.69 Å². The fourth-order valence-corrected chi connectivity index (χ4v) is 1.59. The molecule has 0 radical (unpaired) electrons. The number of rotatable bonds is 7. The molecule has 9 heteroatoms. The van der Waals surface area contributed by atoms with Crippen molar-refractivity contribution in [2.75, 3.05) is 19.8 Å². The minimum atomic E-state index is -4.33. The van der Waals surface area contributed by atoms with Crippen molar-refractivity contribution >= 4 is 17.3 Å². The summed E-state index contributed by atoms with van der Waals surface area (Å²) in [5, 5.41) is 13.6. The molecule has 0 bridgehead atoms. The molecule has 20 heavy (non-hydrogen) atoms. The third-order valence-electron chi connectivity index (χ3n) is 2.25. The average Bonchev–Trinajstić information content (AvgIpc) is 2.33. The zero-order chi connectivity index (χ0) is 15.2. The van der Waals surface area contributed by atoms with Gasteiger partial charge in [0.15, 0.2) is 0 Å². The zero-order valence-electron chi connectivity index (χ0n) is 10.2. The third kappa shape index (κ3) is 6.18. The van der Waals surface area contributed by atoms with Gasteiger partial charge < -0.3 is 10.1 Å². The lowest BCUT2D eigenvalue weighted by Crippen LogP contribution is -2.23. The van der Waals surface area contributed by atoms with E-state index in [0.717, 1.165) is 0 Å². The number of nitrogens with one attached hydrogen (secondary N) is 1. The number of nitro groups is 1. The quantitative estimate of drug-likeness (QED) is 0.477. The Hall–Kier alpha value is -1.38. The summed E-state index contributed by atoms with van der Waals surface area (Å²) in [7, 11) is 0. The summed E-state index contributed by atoms with van der Waals surface area (Å²) in [5.41, 5.74) is 0.500. The predicted molar refractivity (Wildman–Crippen MR) is 66.7 cm³/mol. The van der Waals surface area contributed by atoms with E-state index in [4.69, 9.17) is 11.6 Å². The molecule has 0 unspecified atom stereocenters. The Labute approximate surface area is 117 Å². The number of hydrogen-bond donors (Lipinski definition) is 1. The van der Waals surface area contributed by atoms with Crippen LogP contribution >= 0.6 is 11.6 Å². The molecule has 0 saturated carbocycles. The molecule has 0 aliphatic carbocycles. The van der Waals surface area contributed by atoms with Crippen molar-refractivity contribution in [1.29, 1.82) is 0 Å². The zero-order valence-corrected chi connectivity index (χ0v) is 11.0. The van der Waals surface area contributed by atoms with Crippen LogP contribution in [0.1, 0.15) is 5.56 Å². The van der Waals surface area contributed by atoms with Crippen molar-refractivity contribution in [2.24, 2.45) is 0 Å². The van der Waals surface area contributed by atoms with Crippen LogP contribution in [0.25, 0.3) is 0 Å². The Morgan fingerprint density at radius 2 is 2.10 bits per heavy atom. The van der Waals surface area contributed by atoms with E-state index < -0.39 is 17.7 Å². The van der Waals surface area contributed by atoms with E-state index >= 15 is 0 Å². The molecule has 1 rings (SSSR count). The van der Waals surface area contributed by atoms with Gasteiger partial charge in [-0.25, -0.2) is 0 Å². The topological polar surface area (TPSA) is 64.4 Å². The molecule has 0 saturated heterocycles. The molecular weight excluding hydrogens is 301 g/mol. The van der Waals surface area contributed by atoms with Crippen molar-refractivity contribution < 1.29 is 22.8 Å². The van der Waals surface area contributed by atoms with Gasteiger partial charge in [-0.1, -0.05) is 11.6 Å². The van der Waals surface area contributed by atoms with Crippen molar-refractivity contribution in [2.45, 2.75) is 12.7 Å². The molecular formula is C11H12ClF3N2O3. The highest BCUT2D eigenvalue weighted by Crippen LogP contribution is 2.22. The molecule has 1 N–H and O–H groups in total. The SMILES string of the molecule is O=[N+]([O-])c1ccc(CNCCOCC(F)(F)F)c(Cl)c1. The summed E-state index contributed by atoms with van der Waals surface area (Å²) < 4.78 is 39.7. The van der Waals surface area contributed by atoms with Crippen LogP contribution in [0.3, 0.4) is 0 Å². The molecule has 0 aromatic heterocycles. The number of ether oxygens (including phenoxy) is 1. The first-order chi connectivity index (χ1) is 9.29. The highest BCUT2D eigenvalue weighted by molar-refractivity contribution is 6.31. The molecule has 0 fully saturated rings. The largest absolute Gasteiger partial charge is 0.411 e. The molecule has 1 aromatic carbocycles. The number of non-ortho nitro benzene ring substituents is 1. The van der Waals surface area contributed by atoms with Gasteiger partial charge in [0.1, 0.15) is 6.61 Å². The summed E-state index contributed by atoms with van der Waals surface area (Å²) in [6.45, 7) is -0.882. The van der Waals surface area contributed by atoms with Gasteiger partial charge in [0.2, 0.25) is 0 Å². The first-order valence-electron chi connectivity index (χ1n) is 5.57. The monoisotopic (exact) mass is 312 g/mol. The maximum absolute atomic E-state index is 11.8. The predicted octanol–water partition coefficient (Wildman–Crippen LogP) is 2.92. The van der Waals surface area contributed by atoms with Crippen LogP contribution in [0.15, 0.2) is 18.2 Å². The van der Waals surface area contributed by atoms with Crippen LogP contribution < -0.4 is 5.32 Å². The Bertz CT molecular complexity index is 469. The lowest BCUT2D eigenvalue weighted by atomic mass is 10.2. The molecule has 0 spiro atoms. The van der Waals surface area contributed by atoms with E-state index in [-0.39, 0.29) is 30.4 Å². The van der Waals surface area contributed by atoms with Crippen molar-refractivity contribution in [3.05, 3.63) is 38.9 Å². The number of benzene rings is 1. The molecule has 0 aliphatic rings. The summed E-state index contributed by atoms with van der Waals surface area (Å²) in [4.78, 5) is 9.94. The van der Waals surface area contributed by atoms with E-state index in [0.29, 0.717) is 5.56 Å². The highest BCUT2D eigenvalue weighted by Gasteiger charge is 2.27. The Morgan fingerprint density at radius 3 is 2.65 bits per heavy atom. The van der Waals surface area contributed by atoms with E-state index in [1.165, 1.54) is 18.2 Å². The molecule has 0 amide bonds. The third-order valence-corrected chi connectivity index (χ3v) is 2.60. The van der Waals surface area contributed by atoms with Crippen molar-refractivity contribution in [3.63, 3.8) is 0 Å². The summed E-state index contributed by atoms with van der Waals surface area (Å²) in [6.07, 6.45) is -4.33. The van der Waals surface area contributed by atoms with Crippen LogP contribution in [0.2, 0.25) is 5.02 Å². The standard InChI is InChI=1S/C11H12ClF3N2O3/c12-10-5-9(17(18)19)2-1-8(10)6-16-3-4-20-7-11(13,14)15/h1-2,5,16H,3-4,6-7H2. The Kier molecular flexibility index (Phi) is 6.18. The van der Waals surface area contributed by atoms with Crippen LogP contribution in [-0.2, 0) is 11.3 Å². The van der Waals surface area contributed by atoms with Crippen molar-refractivity contribution in [1.82, 2.24) is 5.32 Å². The molecule has 0 atom stereocenters. The van der Waals surface area contributed by atoms with Gasteiger partial charge in [-0.3, -0.25) is 10.1 Å². The van der Waals surface area contributed by atoms with Gasteiger partial charge in [-0.05, 0) is 11.6 Å². The van der Waals surface area contributed by atoms with E-state index in [1.54, 1.807) is 0 Å². The Morgan fingerprint density at radius 1 is 1.40 bits per heavy atom. The van der Waals surface area contributed by atoms with Gasteiger partial charge in [0.05, 0.1) is 16.6 Å². The second-order valence-electron chi connectivity index (χ2n) is 3.88. The van der Waals surface area contributed by atoms with Crippen molar-refractivity contribution in [3.8, 4) is 0 Å². The van der Waals surface area contributed by atoms with E-state index in [2.05, 4.69) is 10.1 Å². The fourth-order valence-electron chi connectivity index (χ4n) is 1.35. The molecule has 5 nitrogen and oxygen atoms in total. The molecule has 1 aromatic rings. The summed E-state index contributed by atoms with van der Waals surface area (Å²) in [5.74, 6) is 0. The first kappa shape index (κ1) is 16.7. The first-order valence-corrected chi connectivity index (χ1v) is 5.95. The fraction of sp³-hybridized carbons (Fsp3) is 0.455. The van der Waals surface area contributed by atoms with Crippen LogP contribution in [0.4, 0.5) is 18.9 Å². The highest BCUT2D eigenvalue weighted by atomic mass is 35.5. The number of alkyl halides is 3. The number of halogens is 4. The summed E-state index contributed by atoms with van der Waals surface area (Å²) in [6, 6.07) is 4.02. The lowest BCUT2D eigenvalue weighted by Gasteiger charge is -2.09. The molecule has 0 heterocycles. The normalized spacial score (nSPS) is 11.6. The number of nitrogens with zero attached hydrogens (tertiary/aromatic N) is 1. The number of hydrogen-bond acceptors (Lipinski definition) is 4.